The van der Waals surface area contributed by atoms with Crippen molar-refractivity contribution in [2.24, 2.45) is 5.92 Å². The minimum absolute atomic E-state index is 0.208. The van der Waals surface area contributed by atoms with Crippen molar-refractivity contribution in [2.45, 2.75) is 25.4 Å². The van der Waals surface area contributed by atoms with Crippen LogP contribution in [-0.2, 0) is 10.2 Å². The number of nitrogens with zero attached hydrogens (tertiary/aromatic N) is 2. The molecule has 1 aliphatic rings. The van der Waals surface area contributed by atoms with Crippen LogP contribution in [0.4, 0.5) is 13.2 Å². The van der Waals surface area contributed by atoms with E-state index in [0.29, 0.717) is 19.6 Å². The van der Waals surface area contributed by atoms with Crippen LogP contribution in [0.3, 0.4) is 0 Å². The summed E-state index contributed by atoms with van der Waals surface area (Å²) in [7, 11) is -0.805. The first-order valence-electron chi connectivity index (χ1n) is 6.59. The first kappa shape index (κ1) is 17.7. The highest BCUT2D eigenvalue weighted by atomic mass is 32.2. The van der Waals surface area contributed by atoms with Crippen LogP contribution in [0.25, 0.3) is 0 Å². The monoisotopic (exact) mass is 317 g/mol. The molecule has 1 fully saturated rings. The zero-order valence-corrected chi connectivity index (χ0v) is 12.6. The molecule has 1 saturated heterocycles. The zero-order chi connectivity index (χ0) is 15.4. The second-order valence-electron chi connectivity index (χ2n) is 5.12. The molecular formula is C11H22F3N3O2S. The Morgan fingerprint density at radius 1 is 1.40 bits per heavy atom. The fourth-order valence-corrected chi connectivity index (χ4v) is 3.76. The van der Waals surface area contributed by atoms with Gasteiger partial charge < -0.3 is 5.32 Å². The third kappa shape index (κ3) is 5.19. The summed E-state index contributed by atoms with van der Waals surface area (Å²) >= 11 is 0. The molecular weight excluding hydrogens is 295 g/mol. The summed E-state index contributed by atoms with van der Waals surface area (Å²) in [5, 5.41) is 3.00. The van der Waals surface area contributed by atoms with Gasteiger partial charge >= 0.3 is 6.18 Å². The van der Waals surface area contributed by atoms with Crippen LogP contribution in [0.1, 0.15) is 19.3 Å². The second-order valence-corrected chi connectivity index (χ2v) is 7.15. The van der Waals surface area contributed by atoms with Gasteiger partial charge in [0.25, 0.3) is 10.2 Å². The van der Waals surface area contributed by atoms with Gasteiger partial charge in [-0.15, -0.1) is 0 Å². The number of piperidine rings is 1. The fourth-order valence-electron chi connectivity index (χ4n) is 2.29. The minimum Gasteiger partial charge on any atom is -0.319 e. The van der Waals surface area contributed by atoms with Crippen molar-refractivity contribution in [3.63, 3.8) is 0 Å². The third-order valence-electron chi connectivity index (χ3n) is 3.40. The van der Waals surface area contributed by atoms with E-state index in [1.54, 1.807) is 7.05 Å². The smallest absolute Gasteiger partial charge is 0.319 e. The lowest BCUT2D eigenvalue weighted by atomic mass is 10.00. The van der Waals surface area contributed by atoms with Crippen molar-refractivity contribution in [2.75, 3.05) is 40.3 Å². The van der Waals surface area contributed by atoms with Crippen molar-refractivity contribution in [1.29, 1.82) is 0 Å². The van der Waals surface area contributed by atoms with Crippen molar-refractivity contribution < 1.29 is 21.6 Å². The van der Waals surface area contributed by atoms with E-state index in [-0.39, 0.29) is 5.92 Å². The van der Waals surface area contributed by atoms with E-state index in [4.69, 9.17) is 0 Å². The summed E-state index contributed by atoms with van der Waals surface area (Å²) in [5.74, 6) is 0.208. The van der Waals surface area contributed by atoms with Gasteiger partial charge in [-0.3, -0.25) is 0 Å². The van der Waals surface area contributed by atoms with Crippen LogP contribution in [0.15, 0.2) is 0 Å². The van der Waals surface area contributed by atoms with E-state index < -0.39 is 29.4 Å². The molecule has 0 spiro atoms. The average Bonchev–Trinajstić information content (AvgIpc) is 2.35. The van der Waals surface area contributed by atoms with Crippen molar-refractivity contribution in [3.8, 4) is 0 Å². The number of hydrogen-bond donors (Lipinski definition) is 1. The molecule has 1 unspecified atom stereocenters. The maximum absolute atomic E-state index is 12.2. The van der Waals surface area contributed by atoms with E-state index in [2.05, 4.69) is 5.32 Å². The first-order chi connectivity index (χ1) is 9.16. The SMILES string of the molecule is CNCC1CCCN(S(=O)(=O)N(C)CCC(F)(F)F)C1. The maximum Gasteiger partial charge on any atom is 0.390 e. The van der Waals surface area contributed by atoms with Crippen LogP contribution in [0.5, 0.6) is 0 Å². The van der Waals surface area contributed by atoms with Gasteiger partial charge in [0, 0.05) is 26.7 Å². The van der Waals surface area contributed by atoms with Gasteiger partial charge in [0.05, 0.1) is 6.42 Å². The molecule has 1 atom stereocenters. The lowest BCUT2D eigenvalue weighted by Crippen LogP contribution is -2.48. The van der Waals surface area contributed by atoms with E-state index in [0.717, 1.165) is 17.1 Å². The maximum atomic E-state index is 12.2. The molecule has 20 heavy (non-hydrogen) atoms. The zero-order valence-electron chi connectivity index (χ0n) is 11.8. The predicted molar refractivity (Wildman–Crippen MR) is 70.4 cm³/mol. The molecule has 9 heteroatoms. The third-order valence-corrected chi connectivity index (χ3v) is 5.36. The summed E-state index contributed by atoms with van der Waals surface area (Å²) in [4.78, 5) is 0. The first-order valence-corrected chi connectivity index (χ1v) is 7.99. The molecule has 0 bridgehead atoms. The summed E-state index contributed by atoms with van der Waals surface area (Å²) < 4.78 is 63.0. The highest BCUT2D eigenvalue weighted by Crippen LogP contribution is 2.23. The van der Waals surface area contributed by atoms with Gasteiger partial charge in [0.15, 0.2) is 0 Å². The normalized spacial score (nSPS) is 22.4. The van der Waals surface area contributed by atoms with Gasteiger partial charge in [-0.1, -0.05) is 0 Å². The van der Waals surface area contributed by atoms with E-state index in [1.165, 1.54) is 11.4 Å². The number of alkyl halides is 3. The van der Waals surface area contributed by atoms with Gasteiger partial charge in [-0.25, -0.2) is 0 Å². The molecule has 1 N–H and O–H groups in total. The van der Waals surface area contributed by atoms with Crippen molar-refractivity contribution in [3.05, 3.63) is 0 Å². The summed E-state index contributed by atoms with van der Waals surface area (Å²) in [5.41, 5.74) is 0. The Balaban J connectivity index is 2.62. The van der Waals surface area contributed by atoms with Gasteiger partial charge in [-0.05, 0) is 32.4 Å². The number of nitrogens with one attached hydrogen (secondary N) is 1. The Morgan fingerprint density at radius 2 is 2.05 bits per heavy atom. The van der Waals surface area contributed by atoms with E-state index in [9.17, 15) is 21.6 Å². The van der Waals surface area contributed by atoms with Crippen LogP contribution in [-0.4, -0.2) is 63.5 Å². The molecule has 1 aliphatic heterocycles. The molecule has 0 aromatic carbocycles. The topological polar surface area (TPSA) is 52.7 Å². The molecule has 1 heterocycles. The van der Waals surface area contributed by atoms with Gasteiger partial charge in [0.2, 0.25) is 0 Å². The molecule has 0 aromatic rings. The highest BCUT2D eigenvalue weighted by Gasteiger charge is 2.34. The Hall–Kier alpha value is -0.380. The Kier molecular flexibility index (Phi) is 6.24. The van der Waals surface area contributed by atoms with Crippen LogP contribution in [0.2, 0.25) is 0 Å². The van der Waals surface area contributed by atoms with Crippen molar-refractivity contribution >= 4 is 10.2 Å². The molecule has 0 radical (unpaired) electrons. The molecule has 5 nitrogen and oxygen atoms in total. The van der Waals surface area contributed by atoms with Crippen LogP contribution in [0, 0.1) is 5.92 Å². The van der Waals surface area contributed by atoms with Gasteiger partial charge in [0.1, 0.15) is 0 Å². The molecule has 0 aliphatic carbocycles. The molecule has 1 rings (SSSR count). The number of rotatable bonds is 6. The molecule has 0 aromatic heterocycles. The van der Waals surface area contributed by atoms with E-state index in [1.807, 2.05) is 0 Å². The number of halogens is 3. The number of hydrogen-bond acceptors (Lipinski definition) is 3. The summed E-state index contributed by atoms with van der Waals surface area (Å²) in [6.07, 6.45) is -3.81. The van der Waals surface area contributed by atoms with Crippen LogP contribution < -0.4 is 5.32 Å². The quantitative estimate of drug-likeness (QED) is 0.797. The average molecular weight is 317 g/mol. The van der Waals surface area contributed by atoms with Crippen molar-refractivity contribution in [1.82, 2.24) is 13.9 Å². The molecule has 0 saturated carbocycles. The van der Waals surface area contributed by atoms with E-state index >= 15 is 0 Å². The fraction of sp³-hybridized carbons (Fsp3) is 1.00. The highest BCUT2D eigenvalue weighted by molar-refractivity contribution is 7.86. The summed E-state index contributed by atoms with van der Waals surface area (Å²) in [6, 6.07) is 0. The predicted octanol–water partition coefficient (Wildman–Crippen LogP) is 1.05. The Labute approximate surface area is 118 Å². The second kappa shape index (κ2) is 7.06. The lowest BCUT2D eigenvalue weighted by Gasteiger charge is -2.34. The standard InChI is InChI=1S/C11H22F3N3O2S/c1-15-8-10-4-3-6-17(9-10)20(18,19)16(2)7-5-11(12,13)14/h10,15H,3-9H2,1-2H3. The largest absolute Gasteiger partial charge is 0.390 e. The molecule has 0 amide bonds. The molecule has 120 valence electrons. The Bertz CT molecular complexity index is 398. The minimum atomic E-state index is -4.35. The Morgan fingerprint density at radius 3 is 2.60 bits per heavy atom. The summed E-state index contributed by atoms with van der Waals surface area (Å²) in [6.45, 7) is 0.899. The van der Waals surface area contributed by atoms with Crippen LogP contribution >= 0.6 is 0 Å². The lowest BCUT2D eigenvalue weighted by molar-refractivity contribution is -0.135. The van der Waals surface area contributed by atoms with Gasteiger partial charge in [-0.2, -0.15) is 30.2 Å².